The average Bonchev–Trinajstić information content (AvgIpc) is 2.72. The van der Waals surface area contributed by atoms with Crippen LogP contribution in [0, 0.1) is 0 Å². The van der Waals surface area contributed by atoms with Crippen molar-refractivity contribution in [1.29, 1.82) is 0 Å². The molecule has 10 N–H and O–H groups in total. The van der Waals surface area contributed by atoms with Crippen LogP contribution in [0.4, 0.5) is 0 Å². The molecule has 0 aromatic rings. The van der Waals surface area contributed by atoms with Gasteiger partial charge in [0.25, 0.3) is 0 Å². The molecular weight excluding hydrogens is 430 g/mol. The van der Waals surface area contributed by atoms with Gasteiger partial charge in [0.1, 0.15) is 18.1 Å². The van der Waals surface area contributed by atoms with Crippen LogP contribution in [0.25, 0.3) is 0 Å². The van der Waals surface area contributed by atoms with Crippen LogP contribution in [0.3, 0.4) is 0 Å². The molecule has 0 aliphatic rings. The molecule has 0 radical (unpaired) electrons. The first-order chi connectivity index (χ1) is 14.6. The number of aliphatic hydroxyl groups is 2. The number of thioether (sulfide) groups is 1. The summed E-state index contributed by atoms with van der Waals surface area (Å²) >= 11 is 1.45. The van der Waals surface area contributed by atoms with Crippen molar-refractivity contribution in [3.05, 3.63) is 0 Å². The van der Waals surface area contributed by atoms with Crippen LogP contribution in [-0.2, 0) is 19.2 Å². The third-order valence-electron chi connectivity index (χ3n) is 4.40. The van der Waals surface area contributed by atoms with E-state index in [0.29, 0.717) is 25.1 Å². The number of carbonyl (C=O) groups excluding carboxylic acids is 3. The fourth-order valence-electron chi connectivity index (χ4n) is 2.54. The average molecular weight is 466 g/mol. The lowest BCUT2D eigenvalue weighted by Gasteiger charge is -2.25. The number of carboxylic acid groups (broad SMARTS) is 1. The molecule has 0 aromatic carbocycles. The Morgan fingerprint density at radius 3 is 2.00 bits per heavy atom. The molecule has 0 bridgehead atoms. The number of carbonyl (C=O) groups is 4. The zero-order chi connectivity index (χ0) is 24.0. The van der Waals surface area contributed by atoms with Crippen molar-refractivity contribution in [3.8, 4) is 0 Å². The number of nitrogens with one attached hydrogen (secondary N) is 3. The summed E-state index contributed by atoms with van der Waals surface area (Å²) in [5.74, 6) is -3.03. The molecular formula is C18H35N5O7S. The fourth-order valence-corrected chi connectivity index (χ4v) is 3.01. The smallest absolute Gasteiger partial charge is 0.328 e. The summed E-state index contributed by atoms with van der Waals surface area (Å²) in [6.07, 6.45) is 1.96. The van der Waals surface area contributed by atoms with E-state index < -0.39 is 60.6 Å². The first-order valence-corrected chi connectivity index (χ1v) is 11.4. The normalized spacial score (nSPS) is 15.8. The van der Waals surface area contributed by atoms with E-state index in [1.807, 2.05) is 6.26 Å². The Morgan fingerprint density at radius 1 is 0.968 bits per heavy atom. The van der Waals surface area contributed by atoms with Crippen molar-refractivity contribution in [3.63, 3.8) is 0 Å². The summed E-state index contributed by atoms with van der Waals surface area (Å²) in [7, 11) is 0. The van der Waals surface area contributed by atoms with Crippen molar-refractivity contribution in [2.75, 3.05) is 25.2 Å². The van der Waals surface area contributed by atoms with Crippen molar-refractivity contribution in [2.45, 2.75) is 62.9 Å². The Bertz CT molecular complexity index is 594. The van der Waals surface area contributed by atoms with E-state index in [2.05, 4.69) is 16.0 Å². The van der Waals surface area contributed by atoms with Gasteiger partial charge in [0.05, 0.1) is 12.7 Å². The molecule has 0 rings (SSSR count). The highest BCUT2D eigenvalue weighted by Crippen LogP contribution is 2.06. The molecule has 13 heteroatoms. The maximum absolute atomic E-state index is 12.8. The predicted molar refractivity (Wildman–Crippen MR) is 116 cm³/mol. The zero-order valence-corrected chi connectivity index (χ0v) is 18.7. The topological polar surface area (TPSA) is 217 Å². The third kappa shape index (κ3) is 11.3. The van der Waals surface area contributed by atoms with Crippen LogP contribution in [0.1, 0.15) is 32.6 Å². The Kier molecular flexibility index (Phi) is 14.8. The lowest BCUT2D eigenvalue weighted by molar-refractivity contribution is -0.145. The van der Waals surface area contributed by atoms with Crippen molar-refractivity contribution < 1.29 is 34.5 Å². The van der Waals surface area contributed by atoms with Gasteiger partial charge < -0.3 is 42.7 Å². The largest absolute Gasteiger partial charge is 0.480 e. The van der Waals surface area contributed by atoms with Crippen LogP contribution < -0.4 is 27.4 Å². The highest BCUT2D eigenvalue weighted by atomic mass is 32.2. The summed E-state index contributed by atoms with van der Waals surface area (Å²) in [5.41, 5.74) is 11.0. The van der Waals surface area contributed by atoms with Gasteiger partial charge in [0, 0.05) is 0 Å². The molecule has 5 unspecified atom stereocenters. The first-order valence-electron chi connectivity index (χ1n) is 9.96. The lowest BCUT2D eigenvalue weighted by atomic mass is 10.1. The van der Waals surface area contributed by atoms with Crippen molar-refractivity contribution in [2.24, 2.45) is 11.5 Å². The van der Waals surface area contributed by atoms with Gasteiger partial charge >= 0.3 is 5.97 Å². The monoisotopic (exact) mass is 465 g/mol. The van der Waals surface area contributed by atoms with Crippen LogP contribution >= 0.6 is 11.8 Å². The second-order valence-corrected chi connectivity index (χ2v) is 8.03. The first kappa shape index (κ1) is 29.1. The van der Waals surface area contributed by atoms with Crippen molar-refractivity contribution >= 4 is 35.5 Å². The molecule has 5 atom stereocenters. The number of rotatable bonds is 16. The highest BCUT2D eigenvalue weighted by Gasteiger charge is 2.31. The Morgan fingerprint density at radius 2 is 1.52 bits per heavy atom. The number of aliphatic hydroxyl groups excluding tert-OH is 2. The van der Waals surface area contributed by atoms with Gasteiger partial charge in [-0.3, -0.25) is 14.4 Å². The molecule has 0 aliphatic heterocycles. The van der Waals surface area contributed by atoms with Crippen LogP contribution in [0.2, 0.25) is 0 Å². The Balaban J connectivity index is 5.40. The number of carboxylic acids is 1. The molecule has 12 nitrogen and oxygen atoms in total. The number of unbranched alkanes of at least 4 members (excludes halogenated alkanes) is 1. The molecule has 0 saturated heterocycles. The van der Waals surface area contributed by atoms with Gasteiger partial charge in [-0.1, -0.05) is 0 Å². The van der Waals surface area contributed by atoms with Gasteiger partial charge in [0.15, 0.2) is 6.04 Å². The number of hydrogen-bond acceptors (Lipinski definition) is 9. The molecule has 0 heterocycles. The molecule has 3 amide bonds. The zero-order valence-electron chi connectivity index (χ0n) is 17.9. The van der Waals surface area contributed by atoms with E-state index in [0.717, 1.165) is 0 Å². The number of hydrogen-bond donors (Lipinski definition) is 8. The Labute approximate surface area is 185 Å². The van der Waals surface area contributed by atoms with Crippen LogP contribution in [0.15, 0.2) is 0 Å². The minimum atomic E-state index is -1.55. The van der Waals surface area contributed by atoms with E-state index in [1.54, 1.807) is 0 Å². The SMILES string of the molecule is CSCCC(NC(=O)C(N)CO)C(=O)NC(CCCCN)C(=O)NC(C(=O)O)C(C)O. The molecule has 0 aliphatic carbocycles. The van der Waals surface area contributed by atoms with Gasteiger partial charge in [-0.05, 0) is 51.2 Å². The second-order valence-electron chi connectivity index (χ2n) is 7.04. The standard InChI is InChI=1S/C18H35N5O7S/c1-10(25)14(18(29)30)23-17(28)12(5-3-4-7-19)22-16(27)13(6-8-31-2)21-15(26)11(20)9-24/h10-14,24-25H,3-9,19-20H2,1-2H3,(H,21,26)(H,22,27)(H,23,28)(H,29,30). The number of nitrogens with two attached hydrogens (primary N) is 2. The minimum Gasteiger partial charge on any atom is -0.480 e. The van der Waals surface area contributed by atoms with E-state index in [4.69, 9.17) is 21.7 Å². The molecule has 0 fully saturated rings. The van der Waals surface area contributed by atoms with Gasteiger partial charge in [-0.15, -0.1) is 0 Å². The predicted octanol–water partition coefficient (Wildman–Crippen LogP) is -2.89. The Hall–Kier alpha value is -1.93. The second kappa shape index (κ2) is 15.8. The van der Waals surface area contributed by atoms with E-state index in [-0.39, 0.29) is 12.8 Å². The summed E-state index contributed by atoms with van der Waals surface area (Å²) in [6, 6.07) is -4.85. The van der Waals surface area contributed by atoms with Crippen molar-refractivity contribution in [1.82, 2.24) is 16.0 Å². The number of aliphatic carboxylic acids is 1. The lowest BCUT2D eigenvalue weighted by Crippen LogP contribution is -2.58. The van der Waals surface area contributed by atoms with Gasteiger partial charge in [0.2, 0.25) is 17.7 Å². The van der Waals surface area contributed by atoms with Gasteiger partial charge in [-0.25, -0.2) is 4.79 Å². The van der Waals surface area contributed by atoms with E-state index in [9.17, 15) is 24.3 Å². The van der Waals surface area contributed by atoms with E-state index >= 15 is 0 Å². The molecule has 0 saturated carbocycles. The minimum absolute atomic E-state index is 0.181. The summed E-state index contributed by atoms with van der Waals surface area (Å²) in [6.45, 7) is 1.00. The summed E-state index contributed by atoms with van der Waals surface area (Å²) in [5, 5.41) is 35.0. The molecule has 180 valence electrons. The number of amides is 3. The highest BCUT2D eigenvalue weighted by molar-refractivity contribution is 7.98. The molecule has 31 heavy (non-hydrogen) atoms. The summed E-state index contributed by atoms with van der Waals surface area (Å²) in [4.78, 5) is 48.7. The fraction of sp³-hybridized carbons (Fsp3) is 0.778. The quantitative estimate of drug-likeness (QED) is 0.109. The van der Waals surface area contributed by atoms with Crippen LogP contribution in [-0.4, -0.2) is 94.4 Å². The van der Waals surface area contributed by atoms with Crippen LogP contribution in [0.5, 0.6) is 0 Å². The maximum atomic E-state index is 12.8. The van der Waals surface area contributed by atoms with E-state index in [1.165, 1.54) is 18.7 Å². The third-order valence-corrected chi connectivity index (χ3v) is 5.05. The summed E-state index contributed by atoms with van der Waals surface area (Å²) < 4.78 is 0. The van der Waals surface area contributed by atoms with Gasteiger partial charge in [-0.2, -0.15) is 11.8 Å². The molecule has 0 spiro atoms. The maximum Gasteiger partial charge on any atom is 0.328 e. The molecule has 0 aromatic heterocycles.